The van der Waals surface area contributed by atoms with E-state index in [1.165, 1.54) is 26.0 Å². The summed E-state index contributed by atoms with van der Waals surface area (Å²) in [6.45, 7) is 1.44. The molecule has 382 valence electrons. The second kappa shape index (κ2) is 20.3. The average molecular weight is 1010 g/mol. The van der Waals surface area contributed by atoms with Crippen molar-refractivity contribution in [3.63, 3.8) is 0 Å². The van der Waals surface area contributed by atoms with Crippen molar-refractivity contribution in [3.8, 4) is 0 Å². The van der Waals surface area contributed by atoms with E-state index in [4.69, 9.17) is 33.7 Å². The van der Waals surface area contributed by atoms with Gasteiger partial charge in [0.2, 0.25) is 0 Å². The van der Waals surface area contributed by atoms with E-state index in [0.29, 0.717) is 58.6 Å². The molecule has 6 fully saturated rings. The molecule has 4 saturated carbocycles. The third-order valence-electron chi connectivity index (χ3n) is 17.4. The molecule has 0 bridgehead atoms. The van der Waals surface area contributed by atoms with Gasteiger partial charge in [-0.05, 0) is 111 Å². The summed E-state index contributed by atoms with van der Waals surface area (Å²) < 4.78 is 53.0. The number of H-pyrrole nitrogens is 1. The number of aromatic nitrogens is 6. The number of nitrogens with two attached hydrogens (primary N) is 1. The lowest BCUT2D eigenvalue weighted by Gasteiger charge is -2.62. The van der Waals surface area contributed by atoms with Crippen molar-refractivity contribution in [2.24, 2.45) is 46.3 Å². The first-order valence-electron chi connectivity index (χ1n) is 24.4. The molecule has 3 aromatic heterocycles. The van der Waals surface area contributed by atoms with Gasteiger partial charge in [0.25, 0.3) is 5.56 Å². The SMILES string of the molecule is CO[C@@H]1C(OP(=O)(OC[C@H]2O[C@@H](n3cnc4c(N)ncnc43)CC2O)SCOC(=O)CCCC(C)C2CCC3C4CCC5CC(O)CCC5(C)C4CC(O)C23C)[C@@H](CO)O[C@H]1n1ccc(=O)[nH]c1=O. The lowest BCUT2D eigenvalue weighted by atomic mass is 9.43. The Bertz CT molecular complexity index is 2480. The van der Waals surface area contributed by atoms with Gasteiger partial charge in [-0.2, -0.15) is 0 Å². The van der Waals surface area contributed by atoms with Gasteiger partial charge >= 0.3 is 18.5 Å². The van der Waals surface area contributed by atoms with Gasteiger partial charge in [-0.15, -0.1) is 0 Å². The molecule has 0 aromatic carbocycles. The van der Waals surface area contributed by atoms with E-state index >= 15 is 0 Å². The van der Waals surface area contributed by atoms with Gasteiger partial charge in [-0.3, -0.25) is 32.8 Å². The predicted molar refractivity (Wildman–Crippen MR) is 250 cm³/mol. The van der Waals surface area contributed by atoms with Crippen LogP contribution in [0.2, 0.25) is 0 Å². The smallest absolute Gasteiger partial charge is 0.392 e. The number of nitrogen functional groups attached to an aromatic ring is 1. The number of rotatable bonds is 17. The molecule has 18 atom stereocenters. The lowest BCUT2D eigenvalue weighted by molar-refractivity contribution is -0.175. The van der Waals surface area contributed by atoms with Crippen molar-refractivity contribution in [1.29, 1.82) is 0 Å². The molecule has 21 nitrogen and oxygen atoms in total. The molecule has 6 aliphatic rings. The number of hydrogen-bond donors (Lipinski definition) is 6. The van der Waals surface area contributed by atoms with Crippen molar-refractivity contribution < 1.29 is 57.8 Å². The Morgan fingerprint density at radius 3 is 2.61 bits per heavy atom. The summed E-state index contributed by atoms with van der Waals surface area (Å²) in [6.07, 6.45) is 5.11. The normalized spacial score (nSPS) is 38.8. The highest BCUT2D eigenvalue weighted by Crippen LogP contribution is 2.69. The summed E-state index contributed by atoms with van der Waals surface area (Å²) in [4.78, 5) is 52.6. The molecule has 4 aliphatic carbocycles. The molecule has 0 radical (unpaired) electrons. The number of nitrogens with one attached hydrogen (secondary N) is 1. The Balaban J connectivity index is 0.830. The van der Waals surface area contributed by atoms with Crippen LogP contribution in [0.3, 0.4) is 0 Å². The van der Waals surface area contributed by atoms with Crippen LogP contribution in [0.4, 0.5) is 5.82 Å². The summed E-state index contributed by atoms with van der Waals surface area (Å²) in [5.41, 5.74) is 5.21. The maximum atomic E-state index is 14.8. The van der Waals surface area contributed by atoms with Crippen LogP contribution in [0.1, 0.15) is 110 Å². The first-order valence-corrected chi connectivity index (χ1v) is 27.6. The number of methoxy groups -OCH3 is 1. The van der Waals surface area contributed by atoms with Crippen molar-refractivity contribution in [2.75, 3.05) is 32.0 Å². The standard InChI is InChI=1S/C46H68N7O14PS/c1-24(28-10-11-29-27-9-8-25-16-26(55)12-14-45(25,2)30(27)17-34(57)46(28,29)3)6-5-7-37(59)63-23-69-68(61,67-39-32(19-54)66-43(40(39)62-4)52-15-13-35(58)51-44(52)60)64-20-33-31(56)18-36(65-33)53-22-50-38-41(47)48-21-49-42(38)53/h13,15,21-22,24-34,36,39-40,43,54-57H,5-12,14,16-20,23H2,1-4H3,(H2,47,48,49)(H,51,58,60)/t24?,25?,26?,27?,28?,29?,30?,31?,32-,33-,34?,36-,39?,40-,43-,45?,46?,68?/m1/s1. The van der Waals surface area contributed by atoms with E-state index < -0.39 is 92.2 Å². The van der Waals surface area contributed by atoms with Gasteiger partial charge in [0.05, 0.1) is 37.9 Å². The third kappa shape index (κ3) is 9.62. The Morgan fingerprint density at radius 1 is 1.03 bits per heavy atom. The van der Waals surface area contributed by atoms with Crippen molar-refractivity contribution in [1.82, 2.24) is 29.1 Å². The van der Waals surface area contributed by atoms with E-state index in [9.17, 15) is 39.4 Å². The molecule has 0 spiro atoms. The predicted octanol–water partition coefficient (Wildman–Crippen LogP) is 4.05. The number of ether oxygens (including phenoxy) is 4. The summed E-state index contributed by atoms with van der Waals surface area (Å²) in [6, 6.07) is 1.11. The molecule has 69 heavy (non-hydrogen) atoms. The first kappa shape index (κ1) is 50.7. The van der Waals surface area contributed by atoms with Crippen LogP contribution in [0.25, 0.3) is 11.2 Å². The van der Waals surface area contributed by atoms with E-state index in [0.717, 1.165) is 68.4 Å². The zero-order valence-corrected chi connectivity index (χ0v) is 41.3. The van der Waals surface area contributed by atoms with Crippen molar-refractivity contribution in [2.45, 2.75) is 153 Å². The van der Waals surface area contributed by atoms with Crippen LogP contribution in [-0.4, -0.2) is 124 Å². The first-order chi connectivity index (χ1) is 33.0. The molecule has 5 heterocycles. The highest BCUT2D eigenvalue weighted by Gasteiger charge is 2.64. The number of esters is 1. The van der Waals surface area contributed by atoms with E-state index in [-0.39, 0.29) is 41.5 Å². The van der Waals surface area contributed by atoms with Gasteiger partial charge in [0.1, 0.15) is 48.4 Å². The maximum absolute atomic E-state index is 14.8. The zero-order chi connectivity index (χ0) is 49.0. The summed E-state index contributed by atoms with van der Waals surface area (Å²) >= 11 is 0.577. The fourth-order valence-electron chi connectivity index (χ4n) is 13.8. The minimum absolute atomic E-state index is 0.0940. The topological polar surface area (TPSA) is 295 Å². The van der Waals surface area contributed by atoms with Crippen LogP contribution in [0, 0.1) is 46.3 Å². The van der Waals surface area contributed by atoms with Crippen LogP contribution >= 0.6 is 18.2 Å². The molecular weight excluding hydrogens is 938 g/mol. The van der Waals surface area contributed by atoms with Crippen LogP contribution in [-0.2, 0) is 37.4 Å². The number of aromatic amines is 1. The fraction of sp³-hybridized carbons (Fsp3) is 0.783. The van der Waals surface area contributed by atoms with E-state index in [2.05, 4.69) is 40.7 Å². The molecule has 0 amide bonds. The quantitative estimate of drug-likeness (QED) is 0.0631. The second-order valence-electron chi connectivity index (χ2n) is 20.8. The number of fused-ring (bicyclic) bond motifs is 6. The molecule has 2 saturated heterocycles. The Labute approximate surface area is 403 Å². The van der Waals surface area contributed by atoms with E-state index in [1.54, 1.807) is 4.57 Å². The van der Waals surface area contributed by atoms with Gasteiger partial charge in [0, 0.05) is 43.6 Å². The monoisotopic (exact) mass is 1010 g/mol. The van der Waals surface area contributed by atoms with E-state index in [1.807, 2.05) is 0 Å². The average Bonchev–Trinajstić information content (AvgIpc) is 4.09. The second-order valence-corrected chi connectivity index (χ2v) is 24.8. The lowest BCUT2D eigenvalue weighted by Crippen LogP contribution is -2.58. The number of anilines is 1. The van der Waals surface area contributed by atoms with Crippen LogP contribution < -0.4 is 17.0 Å². The summed E-state index contributed by atoms with van der Waals surface area (Å²) in [5.74, 6) is 1.80. The van der Waals surface area contributed by atoms with Gasteiger partial charge in [0.15, 0.2) is 17.7 Å². The molecule has 3 aromatic rings. The van der Waals surface area contributed by atoms with Gasteiger partial charge in [-0.25, -0.2) is 24.3 Å². The summed E-state index contributed by atoms with van der Waals surface area (Å²) in [7, 11) is 1.31. The van der Waals surface area contributed by atoms with Crippen LogP contribution in [0.15, 0.2) is 34.5 Å². The Morgan fingerprint density at radius 2 is 1.84 bits per heavy atom. The summed E-state index contributed by atoms with van der Waals surface area (Å²) in [5, 5.41) is 44.0. The number of carbonyl (C=O) groups is 1. The van der Waals surface area contributed by atoms with Crippen molar-refractivity contribution in [3.05, 3.63) is 45.8 Å². The minimum atomic E-state index is -4.44. The maximum Gasteiger partial charge on any atom is 0.392 e. The van der Waals surface area contributed by atoms with Gasteiger partial charge < -0.3 is 45.1 Å². The number of hydrogen-bond acceptors (Lipinski definition) is 19. The minimum Gasteiger partial charge on any atom is -0.454 e. The highest BCUT2D eigenvalue weighted by atomic mass is 32.7. The molecule has 13 unspecified atom stereocenters. The van der Waals surface area contributed by atoms with Crippen molar-refractivity contribution >= 4 is 41.1 Å². The largest absolute Gasteiger partial charge is 0.454 e. The molecule has 9 rings (SSSR count). The number of carbonyl (C=O) groups excluding carboxylic acids is 1. The Kier molecular flexibility index (Phi) is 14.9. The third-order valence-corrected chi connectivity index (χ3v) is 20.7. The number of aliphatic hydroxyl groups excluding tert-OH is 4. The van der Waals surface area contributed by atoms with Gasteiger partial charge in [-0.1, -0.05) is 20.8 Å². The molecular formula is C46H68N7O14PS. The number of nitrogens with zero attached hydrogens (tertiary/aromatic N) is 5. The molecule has 7 N–H and O–H groups in total. The Hall–Kier alpha value is -3.28. The number of imidazole rings is 1. The molecule has 2 aliphatic heterocycles. The fourth-order valence-corrected chi connectivity index (χ4v) is 16.6. The highest BCUT2D eigenvalue weighted by molar-refractivity contribution is 8.55. The molecule has 23 heteroatoms. The number of aliphatic hydroxyl groups is 4. The zero-order valence-electron chi connectivity index (χ0n) is 39.6. The van der Waals surface area contributed by atoms with Crippen LogP contribution in [0.5, 0.6) is 0 Å².